The molecule has 0 spiro atoms. The topological polar surface area (TPSA) is 77.3 Å². The van der Waals surface area contributed by atoms with Gasteiger partial charge in [-0.1, -0.05) is 0 Å². The van der Waals surface area contributed by atoms with Crippen LogP contribution >= 0.6 is 26.6 Å². The molecule has 94 valence electrons. The van der Waals surface area contributed by atoms with Gasteiger partial charge in [0.05, 0.1) is 4.92 Å². The number of rotatable bonds is 3. The van der Waals surface area contributed by atoms with E-state index >= 15 is 0 Å². The molecule has 0 bridgehead atoms. The molecule has 0 aliphatic rings. The van der Waals surface area contributed by atoms with Crippen LogP contribution in [0.25, 0.3) is 0 Å². The maximum absolute atomic E-state index is 12.4. The molecular weight excluding hydrogens is 348 g/mol. The number of alkyl halides is 2. The van der Waals surface area contributed by atoms with E-state index in [4.69, 9.17) is 10.7 Å². The van der Waals surface area contributed by atoms with Gasteiger partial charge in [0.2, 0.25) is 0 Å². The molecular formula is C7H3BrClF2NO4S. The van der Waals surface area contributed by atoms with Crippen LogP contribution in [0.3, 0.4) is 0 Å². The molecule has 0 saturated heterocycles. The Morgan fingerprint density at radius 3 is 2.29 bits per heavy atom. The van der Waals surface area contributed by atoms with Crippen LogP contribution in [-0.4, -0.2) is 13.3 Å². The molecule has 0 N–H and O–H groups in total. The van der Waals surface area contributed by atoms with Crippen molar-refractivity contribution in [3.63, 3.8) is 0 Å². The van der Waals surface area contributed by atoms with Crippen LogP contribution in [0, 0.1) is 10.1 Å². The van der Waals surface area contributed by atoms with E-state index in [1.165, 1.54) is 0 Å². The Hall–Kier alpha value is -0.800. The Morgan fingerprint density at radius 1 is 1.41 bits per heavy atom. The average Bonchev–Trinajstić information content (AvgIpc) is 2.15. The maximum Gasteiger partial charge on any atom is 0.285 e. The first-order valence-electron chi connectivity index (χ1n) is 3.85. The quantitative estimate of drug-likeness (QED) is 0.476. The lowest BCUT2D eigenvalue weighted by Gasteiger charge is -2.05. The van der Waals surface area contributed by atoms with E-state index < -0.39 is 41.0 Å². The first kappa shape index (κ1) is 14.3. The molecule has 1 aromatic rings. The number of halogens is 4. The smallest absolute Gasteiger partial charge is 0.258 e. The van der Waals surface area contributed by atoms with Crippen molar-refractivity contribution >= 4 is 41.4 Å². The molecule has 0 fully saturated rings. The molecule has 17 heavy (non-hydrogen) atoms. The summed E-state index contributed by atoms with van der Waals surface area (Å²) < 4.78 is 46.6. The summed E-state index contributed by atoms with van der Waals surface area (Å²) >= 11 is 2.65. The molecule has 1 aromatic carbocycles. The summed E-state index contributed by atoms with van der Waals surface area (Å²) in [4.78, 5) is 8.82. The van der Waals surface area contributed by atoms with Crippen LogP contribution in [0.2, 0.25) is 0 Å². The number of nitro groups is 1. The molecule has 0 aromatic heterocycles. The molecule has 0 heterocycles. The SMILES string of the molecule is O=[N+]([O-])c1cc(C(F)F)cc(S(=O)(=O)Cl)c1Br. The van der Waals surface area contributed by atoms with Gasteiger partial charge in [0.15, 0.2) is 0 Å². The van der Waals surface area contributed by atoms with Crippen molar-refractivity contribution in [2.45, 2.75) is 11.3 Å². The maximum atomic E-state index is 12.4. The first-order chi connectivity index (χ1) is 7.64. The second kappa shape index (κ2) is 4.83. The summed E-state index contributed by atoms with van der Waals surface area (Å²) in [6.07, 6.45) is -3.04. The van der Waals surface area contributed by atoms with Crippen molar-refractivity contribution in [3.8, 4) is 0 Å². The Kier molecular flexibility index (Phi) is 4.05. The van der Waals surface area contributed by atoms with E-state index in [0.717, 1.165) is 0 Å². The van der Waals surface area contributed by atoms with Crippen molar-refractivity contribution in [2.24, 2.45) is 0 Å². The Balaban J connectivity index is 3.67. The molecule has 0 aliphatic heterocycles. The highest BCUT2D eigenvalue weighted by Gasteiger charge is 2.26. The molecule has 0 amide bonds. The van der Waals surface area contributed by atoms with Gasteiger partial charge in [0, 0.05) is 22.3 Å². The van der Waals surface area contributed by atoms with Crippen LogP contribution < -0.4 is 0 Å². The number of hydrogen-bond donors (Lipinski definition) is 0. The molecule has 0 saturated carbocycles. The van der Waals surface area contributed by atoms with Gasteiger partial charge in [-0.05, 0) is 22.0 Å². The lowest BCUT2D eigenvalue weighted by molar-refractivity contribution is -0.386. The summed E-state index contributed by atoms with van der Waals surface area (Å²) in [5.74, 6) is 0. The summed E-state index contributed by atoms with van der Waals surface area (Å²) in [5.41, 5.74) is -1.58. The molecule has 0 unspecified atom stereocenters. The van der Waals surface area contributed by atoms with E-state index in [2.05, 4.69) is 15.9 Å². The minimum atomic E-state index is -4.36. The predicted octanol–water partition coefficient (Wildman–Crippen LogP) is 3.22. The fourth-order valence-electron chi connectivity index (χ4n) is 1.04. The van der Waals surface area contributed by atoms with Crippen molar-refractivity contribution in [1.82, 2.24) is 0 Å². The molecule has 10 heteroatoms. The normalized spacial score (nSPS) is 11.8. The Morgan fingerprint density at radius 2 is 1.94 bits per heavy atom. The molecule has 1 rings (SSSR count). The lowest BCUT2D eigenvalue weighted by atomic mass is 10.2. The van der Waals surface area contributed by atoms with Crippen LogP contribution in [0.5, 0.6) is 0 Å². The monoisotopic (exact) mass is 349 g/mol. The van der Waals surface area contributed by atoms with Crippen molar-refractivity contribution in [2.75, 3.05) is 0 Å². The minimum absolute atomic E-state index is 0.457. The number of nitro benzene ring substituents is 1. The molecule has 0 radical (unpaired) electrons. The molecule has 0 aliphatic carbocycles. The van der Waals surface area contributed by atoms with Crippen molar-refractivity contribution < 1.29 is 22.1 Å². The summed E-state index contributed by atoms with van der Waals surface area (Å²) in [7, 11) is 0.634. The number of benzene rings is 1. The highest BCUT2D eigenvalue weighted by Crippen LogP contribution is 2.37. The van der Waals surface area contributed by atoms with Crippen LogP contribution in [0.15, 0.2) is 21.5 Å². The second-order valence-electron chi connectivity index (χ2n) is 2.85. The van der Waals surface area contributed by atoms with Crippen LogP contribution in [-0.2, 0) is 9.05 Å². The third-order valence-corrected chi connectivity index (χ3v) is 4.20. The number of nitrogens with zero attached hydrogens (tertiary/aromatic N) is 1. The highest BCUT2D eigenvalue weighted by molar-refractivity contribution is 9.10. The molecule has 5 nitrogen and oxygen atoms in total. The predicted molar refractivity (Wildman–Crippen MR) is 58.8 cm³/mol. The standard InChI is InChI=1S/C7H3BrClF2NO4S/c8-6-4(12(13)14)1-3(7(10)11)2-5(6)17(9,15)16/h1-2,7H. The van der Waals surface area contributed by atoms with E-state index in [1.807, 2.05) is 0 Å². The van der Waals surface area contributed by atoms with E-state index in [0.29, 0.717) is 12.1 Å². The van der Waals surface area contributed by atoms with Crippen LogP contribution in [0.1, 0.15) is 12.0 Å². The van der Waals surface area contributed by atoms with Gasteiger partial charge in [-0.3, -0.25) is 10.1 Å². The Bertz CT molecular complexity index is 577. The van der Waals surface area contributed by atoms with Gasteiger partial charge in [-0.15, -0.1) is 0 Å². The van der Waals surface area contributed by atoms with Crippen molar-refractivity contribution in [3.05, 3.63) is 32.3 Å². The average molecular weight is 351 g/mol. The van der Waals surface area contributed by atoms with Gasteiger partial charge in [-0.25, -0.2) is 17.2 Å². The summed E-state index contributed by atoms with van der Waals surface area (Å²) in [5, 5.41) is 10.6. The second-order valence-corrected chi connectivity index (χ2v) is 6.18. The largest absolute Gasteiger partial charge is 0.285 e. The van der Waals surface area contributed by atoms with Gasteiger partial charge in [-0.2, -0.15) is 0 Å². The minimum Gasteiger partial charge on any atom is -0.258 e. The number of hydrogen-bond acceptors (Lipinski definition) is 4. The van der Waals surface area contributed by atoms with E-state index in [1.54, 1.807) is 0 Å². The van der Waals surface area contributed by atoms with E-state index in [9.17, 15) is 27.3 Å². The Labute approximate surface area is 107 Å². The fourth-order valence-corrected chi connectivity index (χ4v) is 3.29. The van der Waals surface area contributed by atoms with Crippen molar-refractivity contribution in [1.29, 1.82) is 0 Å². The first-order valence-corrected chi connectivity index (χ1v) is 6.95. The third kappa shape index (κ3) is 3.11. The van der Waals surface area contributed by atoms with Gasteiger partial charge in [0.25, 0.3) is 21.2 Å². The molecule has 0 atom stereocenters. The van der Waals surface area contributed by atoms with Gasteiger partial charge < -0.3 is 0 Å². The summed E-state index contributed by atoms with van der Waals surface area (Å²) in [6, 6.07) is 1.17. The van der Waals surface area contributed by atoms with Gasteiger partial charge >= 0.3 is 0 Å². The fraction of sp³-hybridized carbons (Fsp3) is 0.143. The highest BCUT2D eigenvalue weighted by atomic mass is 79.9. The zero-order valence-electron chi connectivity index (χ0n) is 7.73. The zero-order chi connectivity index (χ0) is 13.4. The van der Waals surface area contributed by atoms with Crippen LogP contribution in [0.4, 0.5) is 14.5 Å². The zero-order valence-corrected chi connectivity index (χ0v) is 10.9. The van der Waals surface area contributed by atoms with E-state index in [-0.39, 0.29) is 0 Å². The summed E-state index contributed by atoms with van der Waals surface area (Å²) in [6.45, 7) is 0. The lowest BCUT2D eigenvalue weighted by Crippen LogP contribution is -2.00. The van der Waals surface area contributed by atoms with Gasteiger partial charge in [0.1, 0.15) is 9.37 Å². The third-order valence-electron chi connectivity index (χ3n) is 1.75.